The van der Waals surface area contributed by atoms with Gasteiger partial charge in [0.05, 0.1) is 26.5 Å². The van der Waals surface area contributed by atoms with Crippen molar-refractivity contribution in [3.63, 3.8) is 0 Å². The van der Waals surface area contributed by atoms with Crippen LogP contribution in [0.3, 0.4) is 0 Å². The van der Waals surface area contributed by atoms with Crippen LogP contribution in [0.4, 0.5) is 0 Å². The first-order valence-corrected chi connectivity index (χ1v) is 6.06. The fourth-order valence-corrected chi connectivity index (χ4v) is 1.82. The Balaban J connectivity index is 0.00000200. The molecule has 1 heterocycles. The lowest BCUT2D eigenvalue weighted by Gasteiger charge is -2.08. The molecule has 2 N–H and O–H groups in total. The molecule has 0 aliphatic rings. The Morgan fingerprint density at radius 3 is 2.24 bits per heavy atom. The second-order valence-corrected chi connectivity index (χ2v) is 4.17. The van der Waals surface area contributed by atoms with Crippen LogP contribution >= 0.6 is 24.8 Å². The number of hydrogen-bond acceptors (Lipinski definition) is 5. The van der Waals surface area contributed by atoms with Gasteiger partial charge in [-0.2, -0.15) is 0 Å². The largest absolute Gasteiger partial charge is 0.497 e. The van der Waals surface area contributed by atoms with E-state index >= 15 is 0 Å². The Labute approximate surface area is 136 Å². The molecule has 0 bridgehead atoms. The van der Waals surface area contributed by atoms with Gasteiger partial charge in [-0.15, -0.1) is 29.9 Å². The molecule has 2 aromatic rings. The summed E-state index contributed by atoms with van der Waals surface area (Å²) in [5.74, 6) is 1.52. The number of hydrogen-bond donors (Lipinski definition) is 1. The van der Waals surface area contributed by atoms with E-state index < -0.39 is 0 Å². The maximum atomic E-state index is 5.49. The number of rotatable bonds is 6. The molecule has 0 unspecified atom stereocenters. The lowest BCUT2D eigenvalue weighted by atomic mass is 10.2. The van der Waals surface area contributed by atoms with Gasteiger partial charge in [-0.3, -0.25) is 0 Å². The van der Waals surface area contributed by atoms with Crippen molar-refractivity contribution in [2.24, 2.45) is 5.73 Å². The fourth-order valence-electron chi connectivity index (χ4n) is 1.82. The lowest BCUT2D eigenvalue weighted by molar-refractivity contribution is 0.393. The minimum Gasteiger partial charge on any atom is -0.497 e. The van der Waals surface area contributed by atoms with E-state index in [1.165, 1.54) is 0 Å². The molecule has 2 rings (SSSR count). The molecule has 0 spiro atoms. The number of ether oxygens (including phenoxy) is 2. The number of methoxy groups -OCH3 is 2. The van der Waals surface area contributed by atoms with Crippen molar-refractivity contribution in [3.8, 4) is 11.5 Å². The highest BCUT2D eigenvalue weighted by Crippen LogP contribution is 2.22. The average Bonchev–Trinajstić information content (AvgIpc) is 2.86. The first-order chi connectivity index (χ1) is 9.25. The first kappa shape index (κ1) is 19.5. The summed E-state index contributed by atoms with van der Waals surface area (Å²) >= 11 is 0. The van der Waals surface area contributed by atoms with Crippen molar-refractivity contribution in [2.45, 2.75) is 13.0 Å². The minimum atomic E-state index is 0. The minimum absolute atomic E-state index is 0. The maximum absolute atomic E-state index is 5.49. The van der Waals surface area contributed by atoms with E-state index in [-0.39, 0.29) is 24.8 Å². The van der Waals surface area contributed by atoms with E-state index in [4.69, 9.17) is 15.2 Å². The van der Waals surface area contributed by atoms with Gasteiger partial charge in [-0.25, -0.2) is 4.68 Å². The van der Waals surface area contributed by atoms with Crippen LogP contribution in [0, 0.1) is 0 Å². The second kappa shape index (κ2) is 9.44. The summed E-state index contributed by atoms with van der Waals surface area (Å²) in [5, 5.41) is 8.13. The average molecular weight is 335 g/mol. The smallest absolute Gasteiger partial charge is 0.122 e. The Bertz CT molecular complexity index is 526. The van der Waals surface area contributed by atoms with Crippen LogP contribution in [0.1, 0.15) is 11.3 Å². The van der Waals surface area contributed by atoms with Crippen LogP contribution in [0.5, 0.6) is 11.5 Å². The van der Waals surface area contributed by atoms with Gasteiger partial charge >= 0.3 is 0 Å². The molecule has 1 aromatic carbocycles. The zero-order valence-corrected chi connectivity index (χ0v) is 13.6. The van der Waals surface area contributed by atoms with Gasteiger partial charge in [0.25, 0.3) is 0 Å². The number of benzene rings is 1. The third-order valence-electron chi connectivity index (χ3n) is 2.74. The standard InChI is InChI=1S/C13H18N4O2.2ClH/c1-18-12-5-10(6-13(7-12)19-2)8-17-9-11(3-4-14)15-16-17;;/h5-7,9H,3-4,8,14H2,1-2H3;2*1H. The van der Waals surface area contributed by atoms with Crippen molar-refractivity contribution in [3.05, 3.63) is 35.7 Å². The molecule has 8 heteroatoms. The molecule has 0 radical (unpaired) electrons. The van der Waals surface area contributed by atoms with Crippen LogP contribution in [0.25, 0.3) is 0 Å². The Kier molecular flexibility index (Phi) is 8.76. The number of aromatic nitrogens is 3. The molecule has 0 aliphatic heterocycles. The summed E-state index contributed by atoms with van der Waals surface area (Å²) in [6.07, 6.45) is 2.64. The van der Waals surface area contributed by atoms with Crippen molar-refractivity contribution in [1.82, 2.24) is 15.0 Å². The van der Waals surface area contributed by atoms with Gasteiger partial charge < -0.3 is 15.2 Å². The van der Waals surface area contributed by atoms with Crippen LogP contribution in [-0.2, 0) is 13.0 Å². The molecule has 21 heavy (non-hydrogen) atoms. The molecular weight excluding hydrogens is 315 g/mol. The van der Waals surface area contributed by atoms with Gasteiger partial charge in [0, 0.05) is 18.7 Å². The van der Waals surface area contributed by atoms with Crippen LogP contribution in [0.2, 0.25) is 0 Å². The van der Waals surface area contributed by atoms with Crippen molar-refractivity contribution in [1.29, 1.82) is 0 Å². The highest BCUT2D eigenvalue weighted by molar-refractivity contribution is 5.85. The maximum Gasteiger partial charge on any atom is 0.122 e. The van der Waals surface area contributed by atoms with Crippen molar-refractivity contribution in [2.75, 3.05) is 20.8 Å². The summed E-state index contributed by atoms with van der Waals surface area (Å²) in [6, 6.07) is 5.74. The van der Waals surface area contributed by atoms with Crippen molar-refractivity contribution < 1.29 is 9.47 Å². The van der Waals surface area contributed by atoms with Gasteiger partial charge in [0.1, 0.15) is 11.5 Å². The molecule has 6 nitrogen and oxygen atoms in total. The Morgan fingerprint density at radius 2 is 1.71 bits per heavy atom. The van der Waals surface area contributed by atoms with Gasteiger partial charge in [0.15, 0.2) is 0 Å². The van der Waals surface area contributed by atoms with E-state index in [1.54, 1.807) is 18.9 Å². The van der Waals surface area contributed by atoms with Crippen LogP contribution in [-0.4, -0.2) is 35.8 Å². The molecule has 0 aliphatic carbocycles. The molecule has 1 aromatic heterocycles. The van der Waals surface area contributed by atoms with E-state index in [0.29, 0.717) is 13.1 Å². The van der Waals surface area contributed by atoms with E-state index in [1.807, 2.05) is 24.4 Å². The van der Waals surface area contributed by atoms with Gasteiger partial charge in [0.2, 0.25) is 0 Å². The predicted molar refractivity (Wildman–Crippen MR) is 85.9 cm³/mol. The summed E-state index contributed by atoms with van der Waals surface area (Å²) < 4.78 is 12.3. The summed E-state index contributed by atoms with van der Waals surface area (Å²) in [6.45, 7) is 1.19. The van der Waals surface area contributed by atoms with Gasteiger partial charge in [-0.05, 0) is 24.2 Å². The lowest BCUT2D eigenvalue weighted by Crippen LogP contribution is -2.03. The quantitative estimate of drug-likeness (QED) is 0.869. The topological polar surface area (TPSA) is 75.2 Å². The highest BCUT2D eigenvalue weighted by Gasteiger charge is 2.05. The predicted octanol–water partition coefficient (Wildman–Crippen LogP) is 1.69. The number of nitrogens with two attached hydrogens (primary N) is 1. The van der Waals surface area contributed by atoms with E-state index in [9.17, 15) is 0 Å². The van der Waals surface area contributed by atoms with Gasteiger partial charge in [-0.1, -0.05) is 5.21 Å². The number of nitrogens with zero attached hydrogens (tertiary/aromatic N) is 3. The first-order valence-electron chi connectivity index (χ1n) is 6.06. The molecule has 118 valence electrons. The molecule has 0 amide bonds. The SMILES string of the molecule is COc1cc(Cn2cc(CCN)nn2)cc(OC)c1.Cl.Cl. The zero-order valence-electron chi connectivity index (χ0n) is 12.0. The fraction of sp³-hybridized carbons (Fsp3) is 0.385. The zero-order chi connectivity index (χ0) is 13.7. The third kappa shape index (κ3) is 5.41. The molecular formula is C13H20Cl2N4O2. The van der Waals surface area contributed by atoms with Crippen molar-refractivity contribution >= 4 is 24.8 Å². The monoisotopic (exact) mass is 334 g/mol. The van der Waals surface area contributed by atoms with E-state index in [2.05, 4.69) is 10.3 Å². The molecule has 0 saturated heterocycles. The van der Waals surface area contributed by atoms with E-state index in [0.717, 1.165) is 29.2 Å². The molecule has 0 atom stereocenters. The third-order valence-corrected chi connectivity index (χ3v) is 2.74. The normalized spacial score (nSPS) is 9.48. The highest BCUT2D eigenvalue weighted by atomic mass is 35.5. The molecule has 0 saturated carbocycles. The Morgan fingerprint density at radius 1 is 1.10 bits per heavy atom. The summed E-state index contributed by atoms with van der Waals surface area (Å²) in [4.78, 5) is 0. The Hall–Kier alpha value is -1.50. The summed E-state index contributed by atoms with van der Waals surface area (Å²) in [5.41, 5.74) is 7.43. The van der Waals surface area contributed by atoms with Crippen LogP contribution in [0.15, 0.2) is 24.4 Å². The summed E-state index contributed by atoms with van der Waals surface area (Å²) in [7, 11) is 3.26. The number of halogens is 2. The second-order valence-electron chi connectivity index (χ2n) is 4.17. The van der Waals surface area contributed by atoms with Crippen LogP contribution < -0.4 is 15.2 Å². The molecule has 0 fully saturated rings.